The minimum Gasteiger partial charge on any atom is -0.352 e. The molecule has 1 saturated heterocycles. The van der Waals surface area contributed by atoms with Crippen molar-refractivity contribution in [1.29, 1.82) is 0 Å². The molecule has 1 fully saturated rings. The highest BCUT2D eigenvalue weighted by atomic mass is 16.1. The second-order valence-electron chi connectivity index (χ2n) is 5.28. The average molecular weight is 285 g/mol. The first-order chi connectivity index (χ1) is 10.2. The van der Waals surface area contributed by atoms with Gasteiger partial charge in [-0.3, -0.25) is 9.36 Å². The summed E-state index contributed by atoms with van der Waals surface area (Å²) >= 11 is 0. The fraction of sp³-hybridized carbons (Fsp3) is 0.400. The SMILES string of the molecule is Cc1nccn1-c1ccc(CNC(=O)C2CCNC2)cn1. The Balaban J connectivity index is 1.60. The van der Waals surface area contributed by atoms with E-state index in [4.69, 9.17) is 0 Å². The number of carbonyl (C=O) groups excluding carboxylic acids is 1. The monoisotopic (exact) mass is 285 g/mol. The number of carbonyl (C=O) groups is 1. The minimum absolute atomic E-state index is 0.103. The van der Waals surface area contributed by atoms with Crippen molar-refractivity contribution in [2.75, 3.05) is 13.1 Å². The number of nitrogens with zero attached hydrogens (tertiary/aromatic N) is 3. The van der Waals surface area contributed by atoms with Crippen LogP contribution in [-0.4, -0.2) is 33.5 Å². The first-order valence-corrected chi connectivity index (χ1v) is 7.18. The molecule has 2 N–H and O–H groups in total. The molecule has 2 aromatic rings. The van der Waals surface area contributed by atoms with Gasteiger partial charge in [-0.05, 0) is 31.5 Å². The number of nitrogens with one attached hydrogen (secondary N) is 2. The van der Waals surface area contributed by atoms with Crippen LogP contribution in [0, 0.1) is 12.8 Å². The molecule has 21 heavy (non-hydrogen) atoms. The fourth-order valence-electron chi connectivity index (χ4n) is 2.50. The van der Waals surface area contributed by atoms with E-state index in [-0.39, 0.29) is 11.8 Å². The number of rotatable bonds is 4. The molecule has 0 aromatic carbocycles. The molecule has 1 atom stereocenters. The van der Waals surface area contributed by atoms with E-state index in [0.717, 1.165) is 36.7 Å². The summed E-state index contributed by atoms with van der Waals surface area (Å²) in [6.07, 6.45) is 6.35. The first-order valence-electron chi connectivity index (χ1n) is 7.18. The Morgan fingerprint density at radius 3 is 3.00 bits per heavy atom. The predicted molar refractivity (Wildman–Crippen MR) is 78.9 cm³/mol. The van der Waals surface area contributed by atoms with Crippen LogP contribution >= 0.6 is 0 Å². The Labute approximate surface area is 123 Å². The van der Waals surface area contributed by atoms with E-state index < -0.39 is 0 Å². The van der Waals surface area contributed by atoms with Crippen LogP contribution < -0.4 is 10.6 Å². The molecule has 1 unspecified atom stereocenters. The number of pyridine rings is 1. The van der Waals surface area contributed by atoms with Gasteiger partial charge in [-0.15, -0.1) is 0 Å². The quantitative estimate of drug-likeness (QED) is 0.871. The highest BCUT2D eigenvalue weighted by Crippen LogP contribution is 2.10. The Kier molecular flexibility index (Phi) is 3.96. The Morgan fingerprint density at radius 2 is 2.38 bits per heavy atom. The van der Waals surface area contributed by atoms with Gasteiger partial charge >= 0.3 is 0 Å². The van der Waals surface area contributed by atoms with Gasteiger partial charge in [-0.1, -0.05) is 6.07 Å². The van der Waals surface area contributed by atoms with E-state index in [1.165, 1.54) is 0 Å². The van der Waals surface area contributed by atoms with Crippen LogP contribution in [0.3, 0.4) is 0 Å². The summed E-state index contributed by atoms with van der Waals surface area (Å²) in [5, 5.41) is 6.17. The van der Waals surface area contributed by atoms with E-state index >= 15 is 0 Å². The van der Waals surface area contributed by atoms with Gasteiger partial charge in [0.25, 0.3) is 0 Å². The van der Waals surface area contributed by atoms with Crippen LogP contribution in [0.2, 0.25) is 0 Å². The Hall–Kier alpha value is -2.21. The van der Waals surface area contributed by atoms with Crippen molar-refractivity contribution in [1.82, 2.24) is 25.2 Å². The van der Waals surface area contributed by atoms with E-state index in [1.54, 1.807) is 12.4 Å². The lowest BCUT2D eigenvalue weighted by atomic mass is 10.1. The van der Waals surface area contributed by atoms with E-state index in [2.05, 4.69) is 20.6 Å². The summed E-state index contributed by atoms with van der Waals surface area (Å²) in [5.41, 5.74) is 0.996. The minimum atomic E-state index is 0.103. The zero-order valence-electron chi connectivity index (χ0n) is 12.0. The largest absolute Gasteiger partial charge is 0.352 e. The molecule has 6 heteroatoms. The van der Waals surface area contributed by atoms with Gasteiger partial charge < -0.3 is 10.6 Å². The maximum atomic E-state index is 11.9. The summed E-state index contributed by atoms with van der Waals surface area (Å²) in [7, 11) is 0. The van der Waals surface area contributed by atoms with Crippen LogP contribution in [0.5, 0.6) is 0 Å². The zero-order valence-corrected chi connectivity index (χ0v) is 12.0. The third-order valence-corrected chi connectivity index (χ3v) is 3.78. The molecule has 110 valence electrons. The van der Waals surface area contributed by atoms with Crippen molar-refractivity contribution in [2.45, 2.75) is 19.9 Å². The molecular formula is C15H19N5O. The van der Waals surface area contributed by atoms with Crippen LogP contribution in [0.1, 0.15) is 17.8 Å². The third kappa shape index (κ3) is 3.11. The van der Waals surface area contributed by atoms with E-state index in [0.29, 0.717) is 6.54 Å². The van der Waals surface area contributed by atoms with Gasteiger partial charge in [0, 0.05) is 31.7 Å². The number of imidazole rings is 1. The standard InChI is InChI=1S/C15H19N5O/c1-11-17-6-7-20(11)14-3-2-12(8-18-14)9-19-15(21)13-4-5-16-10-13/h2-3,6-8,13,16H,4-5,9-10H2,1H3,(H,19,21). The molecule has 1 amide bonds. The van der Waals surface area contributed by atoms with Crippen molar-refractivity contribution in [3.63, 3.8) is 0 Å². The maximum Gasteiger partial charge on any atom is 0.224 e. The molecule has 6 nitrogen and oxygen atoms in total. The summed E-state index contributed by atoms with van der Waals surface area (Å²) in [5.74, 6) is 1.96. The number of amides is 1. The summed E-state index contributed by atoms with van der Waals surface area (Å²) < 4.78 is 1.92. The van der Waals surface area contributed by atoms with Gasteiger partial charge in [-0.25, -0.2) is 9.97 Å². The smallest absolute Gasteiger partial charge is 0.224 e. The molecule has 0 spiro atoms. The molecule has 3 heterocycles. The van der Waals surface area contributed by atoms with Crippen molar-refractivity contribution in [3.8, 4) is 5.82 Å². The summed E-state index contributed by atoms with van der Waals surface area (Å²) in [6, 6.07) is 3.92. The molecular weight excluding hydrogens is 266 g/mol. The number of hydrogen-bond acceptors (Lipinski definition) is 4. The molecule has 2 aromatic heterocycles. The maximum absolute atomic E-state index is 11.9. The second kappa shape index (κ2) is 6.05. The predicted octanol–water partition coefficient (Wildman–Crippen LogP) is 0.801. The Bertz CT molecular complexity index is 613. The van der Waals surface area contributed by atoms with Gasteiger partial charge in [0.2, 0.25) is 5.91 Å². The molecule has 0 radical (unpaired) electrons. The molecule has 1 aliphatic rings. The molecule has 0 bridgehead atoms. The average Bonchev–Trinajstić information content (AvgIpc) is 3.17. The normalized spacial score (nSPS) is 17.9. The van der Waals surface area contributed by atoms with Crippen LogP contribution in [0.4, 0.5) is 0 Å². The van der Waals surface area contributed by atoms with Crippen LogP contribution in [0.15, 0.2) is 30.7 Å². The molecule has 0 saturated carbocycles. The van der Waals surface area contributed by atoms with Crippen LogP contribution in [0.25, 0.3) is 5.82 Å². The Morgan fingerprint density at radius 1 is 1.48 bits per heavy atom. The van der Waals surface area contributed by atoms with E-state index in [9.17, 15) is 4.79 Å². The lowest BCUT2D eigenvalue weighted by Gasteiger charge is -2.10. The fourth-order valence-corrected chi connectivity index (χ4v) is 2.50. The third-order valence-electron chi connectivity index (χ3n) is 3.78. The molecule has 3 rings (SSSR count). The summed E-state index contributed by atoms with van der Waals surface area (Å²) in [6.45, 7) is 4.17. The van der Waals surface area contributed by atoms with Crippen molar-refractivity contribution in [2.24, 2.45) is 5.92 Å². The van der Waals surface area contributed by atoms with Gasteiger partial charge in [0.15, 0.2) is 0 Å². The highest BCUT2D eigenvalue weighted by Gasteiger charge is 2.21. The topological polar surface area (TPSA) is 71.8 Å². The van der Waals surface area contributed by atoms with Gasteiger partial charge in [-0.2, -0.15) is 0 Å². The molecule has 1 aliphatic heterocycles. The van der Waals surface area contributed by atoms with E-state index in [1.807, 2.05) is 29.8 Å². The second-order valence-corrected chi connectivity index (χ2v) is 5.28. The van der Waals surface area contributed by atoms with Gasteiger partial charge in [0.1, 0.15) is 11.6 Å². The molecule has 0 aliphatic carbocycles. The number of aromatic nitrogens is 3. The van der Waals surface area contributed by atoms with Crippen molar-refractivity contribution >= 4 is 5.91 Å². The number of aryl methyl sites for hydroxylation is 1. The highest BCUT2D eigenvalue weighted by molar-refractivity contribution is 5.79. The van der Waals surface area contributed by atoms with Crippen LogP contribution in [-0.2, 0) is 11.3 Å². The first kappa shape index (κ1) is 13.8. The summed E-state index contributed by atoms with van der Waals surface area (Å²) in [4.78, 5) is 20.5. The zero-order chi connectivity index (χ0) is 14.7. The van der Waals surface area contributed by atoms with Crippen molar-refractivity contribution in [3.05, 3.63) is 42.1 Å². The lowest BCUT2D eigenvalue weighted by molar-refractivity contribution is -0.124. The number of hydrogen-bond donors (Lipinski definition) is 2. The van der Waals surface area contributed by atoms with Crippen molar-refractivity contribution < 1.29 is 4.79 Å². The van der Waals surface area contributed by atoms with Gasteiger partial charge in [0.05, 0.1) is 5.92 Å². The lowest BCUT2D eigenvalue weighted by Crippen LogP contribution is -2.31.